The van der Waals surface area contributed by atoms with Gasteiger partial charge in [0.2, 0.25) is 5.91 Å². The molecule has 1 aliphatic heterocycles. The molecule has 1 atom stereocenters. The van der Waals surface area contributed by atoms with E-state index in [1.54, 1.807) is 0 Å². The van der Waals surface area contributed by atoms with E-state index in [0.29, 0.717) is 12.5 Å². The van der Waals surface area contributed by atoms with Crippen LogP contribution in [0.1, 0.15) is 23.4 Å². The third-order valence-electron chi connectivity index (χ3n) is 3.96. The van der Waals surface area contributed by atoms with Gasteiger partial charge in [0.05, 0.1) is 12.1 Å². The molecule has 0 radical (unpaired) electrons. The van der Waals surface area contributed by atoms with Crippen molar-refractivity contribution in [3.05, 3.63) is 17.0 Å². The highest BCUT2D eigenvalue weighted by atomic mass is 16.2. The number of nitrogens with zero attached hydrogens (tertiary/aromatic N) is 3. The predicted octanol–water partition coefficient (Wildman–Crippen LogP) is 0.400. The van der Waals surface area contributed by atoms with Crippen molar-refractivity contribution in [3.8, 4) is 0 Å². The van der Waals surface area contributed by atoms with Crippen molar-refractivity contribution < 1.29 is 4.79 Å². The van der Waals surface area contributed by atoms with Crippen LogP contribution in [0.4, 0.5) is 0 Å². The van der Waals surface area contributed by atoms with Crippen LogP contribution in [0, 0.1) is 13.8 Å². The van der Waals surface area contributed by atoms with Crippen molar-refractivity contribution in [1.29, 1.82) is 0 Å². The molecule has 1 unspecified atom stereocenters. The van der Waals surface area contributed by atoms with Crippen molar-refractivity contribution >= 4 is 5.91 Å². The van der Waals surface area contributed by atoms with Crippen LogP contribution in [-0.2, 0) is 18.3 Å². The number of nitrogens with one attached hydrogen (secondary N) is 1. The van der Waals surface area contributed by atoms with Crippen molar-refractivity contribution in [2.45, 2.75) is 32.7 Å². The molecule has 0 aliphatic carbocycles. The zero-order valence-electron chi connectivity index (χ0n) is 11.7. The van der Waals surface area contributed by atoms with Gasteiger partial charge in [0.1, 0.15) is 0 Å². The smallest absolute Gasteiger partial charge is 0.227 e. The maximum absolute atomic E-state index is 12.3. The van der Waals surface area contributed by atoms with E-state index in [1.807, 2.05) is 37.5 Å². The maximum atomic E-state index is 12.3. The van der Waals surface area contributed by atoms with E-state index in [2.05, 4.69) is 10.4 Å². The number of rotatable bonds is 3. The van der Waals surface area contributed by atoms with Gasteiger partial charge in [-0.05, 0) is 26.8 Å². The molecule has 2 rings (SSSR count). The summed E-state index contributed by atoms with van der Waals surface area (Å²) in [5.41, 5.74) is 3.11. The Balaban J connectivity index is 2.06. The summed E-state index contributed by atoms with van der Waals surface area (Å²) < 4.78 is 1.84. The lowest BCUT2D eigenvalue weighted by molar-refractivity contribution is -0.130. The summed E-state index contributed by atoms with van der Waals surface area (Å²) in [7, 11) is 3.82. The third-order valence-corrected chi connectivity index (χ3v) is 3.96. The van der Waals surface area contributed by atoms with Gasteiger partial charge in [-0.2, -0.15) is 5.10 Å². The minimum Gasteiger partial charge on any atom is -0.341 e. The van der Waals surface area contributed by atoms with Gasteiger partial charge in [0, 0.05) is 37.9 Å². The maximum Gasteiger partial charge on any atom is 0.227 e. The first kappa shape index (κ1) is 13.1. The second-order valence-electron chi connectivity index (χ2n) is 5.10. The summed E-state index contributed by atoms with van der Waals surface area (Å²) in [5.74, 6) is 0.183. The topological polar surface area (TPSA) is 50.2 Å². The molecule has 0 aromatic carbocycles. The second kappa shape index (κ2) is 5.10. The number of aryl methyl sites for hydroxylation is 2. The van der Waals surface area contributed by atoms with Crippen molar-refractivity contribution in [2.75, 3.05) is 20.1 Å². The number of likely N-dealkylation sites (N-methyl/N-ethyl adjacent to an activating group) is 1. The van der Waals surface area contributed by atoms with Gasteiger partial charge in [0.15, 0.2) is 0 Å². The number of aromatic nitrogens is 2. The monoisotopic (exact) mass is 250 g/mol. The first-order valence-electron chi connectivity index (χ1n) is 6.46. The number of carbonyl (C=O) groups excluding carboxylic acids is 1. The minimum absolute atomic E-state index is 0.183. The van der Waals surface area contributed by atoms with E-state index >= 15 is 0 Å². The Bertz CT molecular complexity index is 446. The van der Waals surface area contributed by atoms with E-state index in [-0.39, 0.29) is 5.91 Å². The molecule has 0 spiro atoms. The van der Waals surface area contributed by atoms with Crippen LogP contribution in [-0.4, -0.2) is 46.8 Å². The SMILES string of the molecule is Cc1nn(C)c(C)c1CC(=O)N(C)C1CCNC1. The molecule has 0 saturated carbocycles. The summed E-state index contributed by atoms with van der Waals surface area (Å²) in [6, 6.07) is 0.342. The summed E-state index contributed by atoms with van der Waals surface area (Å²) in [4.78, 5) is 14.2. The molecule has 2 heterocycles. The lowest BCUT2D eigenvalue weighted by Gasteiger charge is -2.23. The van der Waals surface area contributed by atoms with Gasteiger partial charge in [-0.15, -0.1) is 0 Å². The molecule has 1 N–H and O–H groups in total. The molecule has 18 heavy (non-hydrogen) atoms. The van der Waals surface area contributed by atoms with Gasteiger partial charge in [0.25, 0.3) is 0 Å². The minimum atomic E-state index is 0.183. The Morgan fingerprint density at radius 1 is 1.56 bits per heavy atom. The van der Waals surface area contributed by atoms with Gasteiger partial charge in [-0.1, -0.05) is 0 Å². The average molecular weight is 250 g/mol. The molecule has 1 aromatic rings. The number of carbonyl (C=O) groups is 1. The van der Waals surface area contributed by atoms with Gasteiger partial charge >= 0.3 is 0 Å². The zero-order chi connectivity index (χ0) is 13.3. The molecular formula is C13H22N4O. The first-order chi connectivity index (χ1) is 8.50. The number of hydrogen-bond acceptors (Lipinski definition) is 3. The fourth-order valence-electron chi connectivity index (χ4n) is 2.52. The lowest BCUT2D eigenvalue weighted by atomic mass is 10.1. The summed E-state index contributed by atoms with van der Waals surface area (Å²) >= 11 is 0. The summed E-state index contributed by atoms with van der Waals surface area (Å²) in [6.07, 6.45) is 1.51. The lowest BCUT2D eigenvalue weighted by Crippen LogP contribution is -2.39. The van der Waals surface area contributed by atoms with Crippen LogP contribution in [0.2, 0.25) is 0 Å². The Morgan fingerprint density at radius 2 is 2.28 bits per heavy atom. The van der Waals surface area contributed by atoms with Gasteiger partial charge < -0.3 is 10.2 Å². The second-order valence-corrected chi connectivity index (χ2v) is 5.10. The molecule has 100 valence electrons. The standard InChI is InChI=1S/C13H22N4O/c1-9-12(10(2)17(4)15-9)7-13(18)16(3)11-5-6-14-8-11/h11,14H,5-8H2,1-4H3. The van der Waals surface area contributed by atoms with Crippen molar-refractivity contribution in [3.63, 3.8) is 0 Å². The summed E-state index contributed by atoms with van der Waals surface area (Å²) in [6.45, 7) is 5.90. The molecule has 1 saturated heterocycles. The van der Waals surface area contributed by atoms with Gasteiger partial charge in [-0.25, -0.2) is 0 Å². The molecule has 1 fully saturated rings. The van der Waals surface area contributed by atoms with E-state index in [1.165, 1.54) is 0 Å². The van der Waals surface area contributed by atoms with E-state index < -0.39 is 0 Å². The highest BCUT2D eigenvalue weighted by Gasteiger charge is 2.24. The number of amides is 1. The van der Waals surface area contributed by atoms with Gasteiger partial charge in [-0.3, -0.25) is 9.48 Å². The van der Waals surface area contributed by atoms with Crippen LogP contribution in [0.3, 0.4) is 0 Å². The Morgan fingerprint density at radius 3 is 2.78 bits per heavy atom. The van der Waals surface area contributed by atoms with Crippen LogP contribution >= 0.6 is 0 Å². The van der Waals surface area contributed by atoms with E-state index in [0.717, 1.165) is 36.5 Å². The summed E-state index contributed by atoms with van der Waals surface area (Å²) in [5, 5.41) is 7.64. The Hall–Kier alpha value is -1.36. The Kier molecular flexibility index (Phi) is 3.71. The quantitative estimate of drug-likeness (QED) is 0.845. The van der Waals surface area contributed by atoms with Crippen LogP contribution < -0.4 is 5.32 Å². The van der Waals surface area contributed by atoms with E-state index in [4.69, 9.17) is 0 Å². The Labute approximate surface area is 108 Å². The van der Waals surface area contributed by atoms with Crippen LogP contribution in [0.25, 0.3) is 0 Å². The molecular weight excluding hydrogens is 228 g/mol. The van der Waals surface area contributed by atoms with Crippen molar-refractivity contribution in [2.24, 2.45) is 7.05 Å². The highest BCUT2D eigenvalue weighted by molar-refractivity contribution is 5.79. The molecule has 1 aliphatic rings. The van der Waals surface area contributed by atoms with Crippen molar-refractivity contribution in [1.82, 2.24) is 20.0 Å². The zero-order valence-corrected chi connectivity index (χ0v) is 11.7. The molecule has 5 heteroatoms. The third kappa shape index (κ3) is 2.41. The predicted molar refractivity (Wildman–Crippen MR) is 70.4 cm³/mol. The average Bonchev–Trinajstić information content (AvgIpc) is 2.93. The molecule has 1 amide bonds. The fraction of sp³-hybridized carbons (Fsp3) is 0.692. The van der Waals surface area contributed by atoms with Crippen LogP contribution in [0.15, 0.2) is 0 Å². The molecule has 1 aromatic heterocycles. The normalized spacial score (nSPS) is 19.2. The number of hydrogen-bond donors (Lipinski definition) is 1. The highest BCUT2D eigenvalue weighted by Crippen LogP contribution is 2.15. The molecule has 5 nitrogen and oxygen atoms in total. The van der Waals surface area contributed by atoms with E-state index in [9.17, 15) is 4.79 Å². The van der Waals surface area contributed by atoms with Crippen LogP contribution in [0.5, 0.6) is 0 Å². The largest absolute Gasteiger partial charge is 0.341 e. The first-order valence-corrected chi connectivity index (χ1v) is 6.46. The fourth-order valence-corrected chi connectivity index (χ4v) is 2.52. The molecule has 0 bridgehead atoms.